The molecular formula is C25H26N4O4S. The standard InChI is InChI=1S/C25H26N4O4S/c1-20(30)27-23-12-14-24(15-13-23)34(32,33)29(17-16-21-8-4-2-5-9-21)19-25(31)28-26-18-22-10-6-3-7-11-22/h2-15,18H,16-17,19H2,1H3,(H,27,30)(H,28,31)/b26-18-. The van der Waals surface area contributed by atoms with Crippen LogP contribution in [0.1, 0.15) is 18.1 Å². The molecule has 2 amide bonds. The molecule has 0 bridgehead atoms. The van der Waals surface area contributed by atoms with Gasteiger partial charge in [0.1, 0.15) is 0 Å². The third kappa shape index (κ3) is 7.36. The number of nitrogens with zero attached hydrogens (tertiary/aromatic N) is 2. The number of hydrogen-bond donors (Lipinski definition) is 2. The highest BCUT2D eigenvalue weighted by Gasteiger charge is 2.26. The van der Waals surface area contributed by atoms with E-state index in [4.69, 9.17) is 0 Å². The molecule has 3 aromatic rings. The Labute approximate surface area is 199 Å². The van der Waals surface area contributed by atoms with Crippen LogP contribution in [0.25, 0.3) is 0 Å². The number of amides is 2. The van der Waals surface area contributed by atoms with Gasteiger partial charge in [-0.05, 0) is 41.8 Å². The quantitative estimate of drug-likeness (QED) is 0.345. The molecule has 176 valence electrons. The van der Waals surface area contributed by atoms with Crippen molar-refractivity contribution >= 4 is 33.7 Å². The molecule has 0 aliphatic heterocycles. The van der Waals surface area contributed by atoms with Crippen LogP contribution in [-0.4, -0.2) is 43.8 Å². The van der Waals surface area contributed by atoms with Gasteiger partial charge in [0.25, 0.3) is 5.91 Å². The van der Waals surface area contributed by atoms with Crippen LogP contribution in [0.2, 0.25) is 0 Å². The van der Waals surface area contributed by atoms with Gasteiger partial charge in [-0.15, -0.1) is 0 Å². The van der Waals surface area contributed by atoms with Crippen LogP contribution in [0, 0.1) is 0 Å². The summed E-state index contributed by atoms with van der Waals surface area (Å²) in [6, 6.07) is 24.5. The van der Waals surface area contributed by atoms with Crippen molar-refractivity contribution in [2.24, 2.45) is 5.10 Å². The number of hydrazone groups is 1. The molecule has 0 heterocycles. The normalized spacial score (nSPS) is 11.5. The number of nitrogens with one attached hydrogen (secondary N) is 2. The highest BCUT2D eigenvalue weighted by atomic mass is 32.2. The monoisotopic (exact) mass is 478 g/mol. The first kappa shape index (κ1) is 24.8. The Balaban J connectivity index is 1.75. The van der Waals surface area contributed by atoms with Crippen molar-refractivity contribution in [3.63, 3.8) is 0 Å². The summed E-state index contributed by atoms with van der Waals surface area (Å²) in [5.74, 6) is -0.813. The highest BCUT2D eigenvalue weighted by Crippen LogP contribution is 2.19. The van der Waals surface area contributed by atoms with E-state index >= 15 is 0 Å². The van der Waals surface area contributed by atoms with E-state index in [0.29, 0.717) is 12.1 Å². The molecule has 0 saturated heterocycles. The third-order valence-corrected chi connectivity index (χ3v) is 6.69. The number of benzene rings is 3. The fraction of sp³-hybridized carbons (Fsp3) is 0.160. The molecule has 3 aromatic carbocycles. The van der Waals surface area contributed by atoms with Gasteiger partial charge in [0.2, 0.25) is 15.9 Å². The molecule has 0 spiro atoms. The van der Waals surface area contributed by atoms with E-state index in [2.05, 4.69) is 15.8 Å². The Morgan fingerprint density at radius 1 is 0.912 bits per heavy atom. The average Bonchev–Trinajstić information content (AvgIpc) is 2.83. The number of carbonyl (C=O) groups is 2. The molecular weight excluding hydrogens is 452 g/mol. The van der Waals surface area contributed by atoms with Crippen LogP contribution in [0.4, 0.5) is 5.69 Å². The largest absolute Gasteiger partial charge is 0.326 e. The summed E-state index contributed by atoms with van der Waals surface area (Å²) in [7, 11) is -3.98. The van der Waals surface area contributed by atoms with Crippen molar-refractivity contribution in [3.8, 4) is 0 Å². The van der Waals surface area contributed by atoms with Crippen LogP contribution in [0.5, 0.6) is 0 Å². The summed E-state index contributed by atoms with van der Waals surface area (Å²) in [6.45, 7) is 1.08. The van der Waals surface area contributed by atoms with Crippen LogP contribution in [0.15, 0.2) is 94.9 Å². The number of sulfonamides is 1. The fourth-order valence-corrected chi connectivity index (χ4v) is 4.56. The second-order valence-corrected chi connectivity index (χ2v) is 9.42. The number of hydrogen-bond acceptors (Lipinski definition) is 5. The van der Waals surface area contributed by atoms with E-state index in [1.807, 2.05) is 60.7 Å². The van der Waals surface area contributed by atoms with E-state index in [-0.39, 0.29) is 17.3 Å². The zero-order valence-electron chi connectivity index (χ0n) is 18.7. The Kier molecular flexibility index (Phi) is 8.66. The molecule has 34 heavy (non-hydrogen) atoms. The lowest BCUT2D eigenvalue weighted by Gasteiger charge is -2.21. The molecule has 0 radical (unpaired) electrons. The molecule has 0 aliphatic carbocycles. The number of anilines is 1. The first-order valence-electron chi connectivity index (χ1n) is 10.6. The summed E-state index contributed by atoms with van der Waals surface area (Å²) in [5.41, 5.74) is 4.62. The maximum atomic E-state index is 13.3. The summed E-state index contributed by atoms with van der Waals surface area (Å²) in [5, 5.41) is 6.52. The minimum atomic E-state index is -3.98. The van der Waals surface area contributed by atoms with Gasteiger partial charge in [0.05, 0.1) is 17.7 Å². The van der Waals surface area contributed by atoms with E-state index in [0.717, 1.165) is 15.4 Å². The lowest BCUT2D eigenvalue weighted by Crippen LogP contribution is -2.40. The molecule has 2 N–H and O–H groups in total. The maximum absolute atomic E-state index is 13.3. The SMILES string of the molecule is CC(=O)Nc1ccc(S(=O)(=O)N(CCc2ccccc2)CC(=O)N/N=C\c2ccccc2)cc1. The summed E-state index contributed by atoms with van der Waals surface area (Å²) >= 11 is 0. The zero-order chi connectivity index (χ0) is 24.4. The van der Waals surface area contributed by atoms with E-state index in [9.17, 15) is 18.0 Å². The summed E-state index contributed by atoms with van der Waals surface area (Å²) in [4.78, 5) is 23.8. The molecule has 0 atom stereocenters. The number of rotatable bonds is 10. The second kappa shape index (κ2) is 11.9. The average molecular weight is 479 g/mol. The van der Waals surface area contributed by atoms with Gasteiger partial charge in [0.15, 0.2) is 0 Å². The van der Waals surface area contributed by atoms with Crippen molar-refractivity contribution in [2.75, 3.05) is 18.4 Å². The van der Waals surface area contributed by atoms with E-state index < -0.39 is 22.5 Å². The van der Waals surface area contributed by atoms with E-state index in [1.54, 1.807) is 0 Å². The van der Waals surface area contributed by atoms with Crippen molar-refractivity contribution in [1.29, 1.82) is 0 Å². The van der Waals surface area contributed by atoms with Gasteiger partial charge in [-0.1, -0.05) is 60.7 Å². The van der Waals surface area contributed by atoms with Crippen LogP contribution in [0.3, 0.4) is 0 Å². The number of carbonyl (C=O) groups excluding carboxylic acids is 2. The molecule has 0 aromatic heterocycles. The lowest BCUT2D eigenvalue weighted by atomic mass is 10.1. The predicted molar refractivity (Wildman–Crippen MR) is 132 cm³/mol. The van der Waals surface area contributed by atoms with Crippen LogP contribution < -0.4 is 10.7 Å². The lowest BCUT2D eigenvalue weighted by molar-refractivity contribution is -0.121. The molecule has 0 saturated carbocycles. The molecule has 0 fully saturated rings. The van der Waals surface area contributed by atoms with Crippen LogP contribution >= 0.6 is 0 Å². The van der Waals surface area contributed by atoms with Crippen molar-refractivity contribution in [3.05, 3.63) is 96.1 Å². The third-order valence-electron chi connectivity index (χ3n) is 4.83. The van der Waals surface area contributed by atoms with Gasteiger partial charge >= 0.3 is 0 Å². The minimum absolute atomic E-state index is 0.0234. The Hall–Kier alpha value is -3.82. The molecule has 0 unspecified atom stereocenters. The summed E-state index contributed by atoms with van der Waals surface area (Å²) < 4.78 is 27.8. The van der Waals surface area contributed by atoms with Gasteiger partial charge in [-0.2, -0.15) is 9.41 Å². The van der Waals surface area contributed by atoms with Gasteiger partial charge in [-0.3, -0.25) is 9.59 Å². The Morgan fingerprint density at radius 3 is 2.15 bits per heavy atom. The van der Waals surface area contributed by atoms with Crippen molar-refractivity contribution < 1.29 is 18.0 Å². The van der Waals surface area contributed by atoms with E-state index in [1.165, 1.54) is 37.4 Å². The fourth-order valence-electron chi connectivity index (χ4n) is 3.16. The maximum Gasteiger partial charge on any atom is 0.255 e. The van der Waals surface area contributed by atoms with Gasteiger partial charge in [0, 0.05) is 19.2 Å². The first-order chi connectivity index (χ1) is 16.3. The molecule has 0 aliphatic rings. The van der Waals surface area contributed by atoms with Crippen LogP contribution in [-0.2, 0) is 26.0 Å². The minimum Gasteiger partial charge on any atom is -0.326 e. The second-order valence-electron chi connectivity index (χ2n) is 7.48. The van der Waals surface area contributed by atoms with Gasteiger partial charge in [-0.25, -0.2) is 13.8 Å². The zero-order valence-corrected chi connectivity index (χ0v) is 19.5. The molecule has 9 heteroatoms. The van der Waals surface area contributed by atoms with Crippen molar-refractivity contribution in [1.82, 2.24) is 9.73 Å². The smallest absolute Gasteiger partial charge is 0.255 e. The highest BCUT2D eigenvalue weighted by molar-refractivity contribution is 7.89. The van der Waals surface area contributed by atoms with Crippen molar-refractivity contribution in [2.45, 2.75) is 18.2 Å². The summed E-state index contributed by atoms with van der Waals surface area (Å²) in [6.07, 6.45) is 1.92. The first-order valence-corrected chi connectivity index (χ1v) is 12.1. The Bertz CT molecular complexity index is 1230. The predicted octanol–water partition coefficient (Wildman–Crippen LogP) is 3.03. The molecule has 3 rings (SSSR count). The topological polar surface area (TPSA) is 108 Å². The molecule has 8 nitrogen and oxygen atoms in total. The Morgan fingerprint density at radius 2 is 1.53 bits per heavy atom. The van der Waals surface area contributed by atoms with Gasteiger partial charge < -0.3 is 5.32 Å².